The second kappa shape index (κ2) is 6.85. The zero-order chi connectivity index (χ0) is 16.1. The van der Waals surface area contributed by atoms with Crippen molar-refractivity contribution in [3.63, 3.8) is 0 Å². The van der Waals surface area contributed by atoms with Gasteiger partial charge in [-0.3, -0.25) is 4.79 Å². The summed E-state index contributed by atoms with van der Waals surface area (Å²) in [4.78, 5) is 23.7. The van der Waals surface area contributed by atoms with Gasteiger partial charge in [0.2, 0.25) is 0 Å². The van der Waals surface area contributed by atoms with Crippen LogP contribution in [0.3, 0.4) is 0 Å². The molecule has 5 heteroatoms. The van der Waals surface area contributed by atoms with Gasteiger partial charge in [-0.25, -0.2) is 9.18 Å². The molecule has 0 fully saturated rings. The van der Waals surface area contributed by atoms with Crippen molar-refractivity contribution in [2.75, 3.05) is 5.32 Å². The number of ether oxygens (including phenoxy) is 1. The molecule has 114 valence electrons. The lowest BCUT2D eigenvalue weighted by Gasteiger charge is -2.09. The topological polar surface area (TPSA) is 55.4 Å². The lowest BCUT2D eigenvalue weighted by Crippen LogP contribution is -2.13. The van der Waals surface area contributed by atoms with Crippen LogP contribution < -0.4 is 5.32 Å². The van der Waals surface area contributed by atoms with Crippen molar-refractivity contribution in [2.24, 2.45) is 0 Å². The van der Waals surface area contributed by atoms with Crippen molar-refractivity contribution < 1.29 is 18.7 Å². The summed E-state index contributed by atoms with van der Waals surface area (Å²) in [5.74, 6) is -1.31. The van der Waals surface area contributed by atoms with Gasteiger partial charge in [0.1, 0.15) is 5.82 Å². The van der Waals surface area contributed by atoms with Gasteiger partial charge in [0.15, 0.2) is 0 Å². The summed E-state index contributed by atoms with van der Waals surface area (Å²) in [7, 11) is 0. The van der Waals surface area contributed by atoms with E-state index in [0.717, 1.165) is 6.07 Å². The molecule has 0 radical (unpaired) electrons. The highest BCUT2D eigenvalue weighted by molar-refractivity contribution is 6.04. The molecule has 2 rings (SSSR count). The van der Waals surface area contributed by atoms with Crippen LogP contribution in [0.25, 0.3) is 0 Å². The molecule has 0 heterocycles. The van der Waals surface area contributed by atoms with Crippen molar-refractivity contribution >= 4 is 17.6 Å². The van der Waals surface area contributed by atoms with E-state index >= 15 is 0 Å². The van der Waals surface area contributed by atoms with E-state index < -0.39 is 17.7 Å². The number of nitrogens with one attached hydrogen (secondary N) is 1. The number of halogens is 1. The summed E-state index contributed by atoms with van der Waals surface area (Å²) in [5.41, 5.74) is 1.14. The quantitative estimate of drug-likeness (QED) is 0.877. The van der Waals surface area contributed by atoms with E-state index in [-0.39, 0.29) is 11.7 Å². The van der Waals surface area contributed by atoms with E-state index in [0.29, 0.717) is 11.3 Å². The van der Waals surface area contributed by atoms with E-state index in [1.807, 2.05) is 0 Å². The van der Waals surface area contributed by atoms with Gasteiger partial charge in [0.05, 0.1) is 11.7 Å². The number of anilines is 1. The first kappa shape index (κ1) is 15.7. The maximum Gasteiger partial charge on any atom is 0.338 e. The van der Waals surface area contributed by atoms with Crippen LogP contribution in [0.4, 0.5) is 10.1 Å². The number of esters is 1. The van der Waals surface area contributed by atoms with Gasteiger partial charge in [-0.05, 0) is 56.3 Å². The Hall–Kier alpha value is -2.69. The fourth-order valence-corrected chi connectivity index (χ4v) is 1.80. The van der Waals surface area contributed by atoms with Crippen LogP contribution in [0.5, 0.6) is 0 Å². The maximum absolute atomic E-state index is 13.1. The zero-order valence-electron chi connectivity index (χ0n) is 12.3. The van der Waals surface area contributed by atoms with E-state index in [2.05, 4.69) is 5.32 Å². The first-order valence-corrected chi connectivity index (χ1v) is 6.83. The second-order valence-electron chi connectivity index (χ2n) is 5.00. The molecule has 0 aliphatic rings. The summed E-state index contributed by atoms with van der Waals surface area (Å²) in [6.45, 7) is 3.54. The van der Waals surface area contributed by atoms with Crippen LogP contribution in [-0.4, -0.2) is 18.0 Å². The number of benzene rings is 2. The molecule has 0 spiro atoms. The van der Waals surface area contributed by atoms with Crippen molar-refractivity contribution in [1.82, 2.24) is 0 Å². The smallest absolute Gasteiger partial charge is 0.338 e. The van der Waals surface area contributed by atoms with Crippen molar-refractivity contribution in [3.8, 4) is 0 Å². The number of hydrogen-bond donors (Lipinski definition) is 1. The Morgan fingerprint density at radius 1 is 1.05 bits per heavy atom. The molecule has 0 aliphatic heterocycles. The summed E-state index contributed by atoms with van der Waals surface area (Å²) >= 11 is 0. The number of hydrogen-bond acceptors (Lipinski definition) is 3. The van der Waals surface area contributed by atoms with E-state index in [4.69, 9.17) is 4.74 Å². The van der Waals surface area contributed by atoms with Crippen molar-refractivity contribution in [3.05, 3.63) is 65.5 Å². The first-order chi connectivity index (χ1) is 10.5. The van der Waals surface area contributed by atoms with Gasteiger partial charge < -0.3 is 10.1 Å². The molecule has 0 aliphatic carbocycles. The Morgan fingerprint density at radius 2 is 1.73 bits per heavy atom. The molecule has 4 nitrogen and oxygen atoms in total. The molecular weight excluding hydrogens is 285 g/mol. The summed E-state index contributed by atoms with van der Waals surface area (Å²) < 4.78 is 18.2. The standard InChI is InChI=1S/C17H16FNO3/c1-11(2)22-17(21)12-6-8-15(9-7-12)19-16(20)13-4-3-5-14(18)10-13/h3-11H,1-2H3,(H,19,20). The highest BCUT2D eigenvalue weighted by atomic mass is 19.1. The van der Waals surface area contributed by atoms with Crippen LogP contribution >= 0.6 is 0 Å². The zero-order valence-corrected chi connectivity index (χ0v) is 12.3. The molecule has 0 atom stereocenters. The van der Waals surface area contributed by atoms with Gasteiger partial charge in [0, 0.05) is 11.3 Å². The molecule has 1 N–H and O–H groups in total. The van der Waals surface area contributed by atoms with Gasteiger partial charge in [0.25, 0.3) is 5.91 Å². The molecule has 0 saturated carbocycles. The average molecular weight is 301 g/mol. The third-order valence-corrected chi connectivity index (χ3v) is 2.81. The van der Waals surface area contributed by atoms with Crippen LogP contribution in [-0.2, 0) is 4.74 Å². The number of amides is 1. The summed E-state index contributed by atoms with van der Waals surface area (Å²) in [6.07, 6.45) is -0.195. The fourth-order valence-electron chi connectivity index (χ4n) is 1.80. The minimum absolute atomic E-state index is 0.195. The normalized spacial score (nSPS) is 10.4. The Kier molecular flexibility index (Phi) is 4.88. The number of rotatable bonds is 4. The number of carbonyl (C=O) groups is 2. The summed E-state index contributed by atoms with van der Waals surface area (Å²) in [5, 5.41) is 2.63. The van der Waals surface area contributed by atoms with Gasteiger partial charge in [-0.15, -0.1) is 0 Å². The third kappa shape index (κ3) is 4.15. The Labute approximate surface area is 127 Å². The molecule has 0 unspecified atom stereocenters. The average Bonchev–Trinajstić information content (AvgIpc) is 2.47. The summed E-state index contributed by atoms with van der Waals surface area (Å²) in [6, 6.07) is 11.7. The number of carbonyl (C=O) groups excluding carboxylic acids is 2. The SMILES string of the molecule is CC(C)OC(=O)c1ccc(NC(=O)c2cccc(F)c2)cc1. The van der Waals surface area contributed by atoms with Crippen LogP contribution in [0.1, 0.15) is 34.6 Å². The minimum Gasteiger partial charge on any atom is -0.459 e. The van der Waals surface area contributed by atoms with E-state index in [1.165, 1.54) is 18.2 Å². The molecule has 1 amide bonds. The second-order valence-corrected chi connectivity index (χ2v) is 5.00. The third-order valence-electron chi connectivity index (χ3n) is 2.81. The van der Waals surface area contributed by atoms with Crippen LogP contribution in [0.15, 0.2) is 48.5 Å². The largest absolute Gasteiger partial charge is 0.459 e. The van der Waals surface area contributed by atoms with Crippen molar-refractivity contribution in [2.45, 2.75) is 20.0 Å². The Morgan fingerprint density at radius 3 is 2.32 bits per heavy atom. The molecule has 0 saturated heterocycles. The van der Waals surface area contributed by atoms with Crippen LogP contribution in [0, 0.1) is 5.82 Å². The van der Waals surface area contributed by atoms with E-state index in [9.17, 15) is 14.0 Å². The Bertz CT molecular complexity index is 681. The minimum atomic E-state index is -0.473. The molecule has 22 heavy (non-hydrogen) atoms. The van der Waals surface area contributed by atoms with Crippen LogP contribution in [0.2, 0.25) is 0 Å². The molecule has 0 aromatic heterocycles. The molecular formula is C17H16FNO3. The lowest BCUT2D eigenvalue weighted by molar-refractivity contribution is 0.0378. The monoisotopic (exact) mass is 301 g/mol. The molecule has 0 bridgehead atoms. The van der Waals surface area contributed by atoms with Gasteiger partial charge in [-0.2, -0.15) is 0 Å². The van der Waals surface area contributed by atoms with E-state index in [1.54, 1.807) is 38.1 Å². The Balaban J connectivity index is 2.05. The molecule has 2 aromatic carbocycles. The fraction of sp³-hybridized carbons (Fsp3) is 0.176. The predicted octanol–water partition coefficient (Wildman–Crippen LogP) is 3.64. The van der Waals surface area contributed by atoms with Gasteiger partial charge >= 0.3 is 5.97 Å². The predicted molar refractivity (Wildman–Crippen MR) is 81.3 cm³/mol. The highest BCUT2D eigenvalue weighted by Gasteiger charge is 2.10. The van der Waals surface area contributed by atoms with Crippen molar-refractivity contribution in [1.29, 1.82) is 0 Å². The van der Waals surface area contributed by atoms with Gasteiger partial charge in [-0.1, -0.05) is 6.07 Å². The maximum atomic E-state index is 13.1. The highest BCUT2D eigenvalue weighted by Crippen LogP contribution is 2.13. The molecule has 2 aromatic rings. The first-order valence-electron chi connectivity index (χ1n) is 6.83. The lowest BCUT2D eigenvalue weighted by atomic mass is 10.2.